The van der Waals surface area contributed by atoms with E-state index in [1.54, 1.807) is 0 Å². The van der Waals surface area contributed by atoms with Crippen LogP contribution in [-0.2, 0) is 35.6 Å². The van der Waals surface area contributed by atoms with E-state index in [4.69, 9.17) is 10.6 Å². The zero-order valence-corrected chi connectivity index (χ0v) is 26.4. The molecule has 17 nitrogen and oxygen atoms in total. The van der Waals surface area contributed by atoms with Crippen LogP contribution >= 0.6 is 0 Å². The van der Waals surface area contributed by atoms with Crippen LogP contribution in [0.1, 0.15) is 55.5 Å². The summed E-state index contributed by atoms with van der Waals surface area (Å²) in [5, 5.41) is 46.0. The third-order valence-electron chi connectivity index (χ3n) is 8.71. The first-order valence-corrected chi connectivity index (χ1v) is 15.9. The number of aliphatic hydroxyl groups excluding tert-OH is 2. The molecule has 3 aliphatic rings. The SMILES string of the molecule is CCCCN(CCC)c1cc([N+](=O)[O-])c(O)c2c1CC1CC3[C@H](N(C)C)C(O)=C(C(N)=O)C(=O)[C@@]3(OOS(=O)(=O)O)C(O)=C1C2=O. The predicted octanol–water partition coefficient (Wildman–Crippen LogP) is 1.80. The number of ketones is 2. The number of carbonyl (C=O) groups excluding carboxylic acids is 3. The Hall–Kier alpha value is -4.10. The molecule has 1 amide bonds. The standard InChI is InChI=1S/C28H36N4O13S/c1-5-7-9-31(8-6-2)16-12-17(32(39)40)22(33)19-14(16)10-13-11-15-21(30(3)4)24(35)20(27(29)38)26(37)28(15,44-45-46(41,42)43)25(36)18(13)23(19)34/h12-13,15,21,33,35-36H,5-11H2,1-4H3,(H2,29,38)(H,41,42,43)/t13?,15?,21-,28-/m0/s1. The molecule has 0 aliphatic heterocycles. The van der Waals surface area contributed by atoms with Gasteiger partial charge in [0.05, 0.1) is 16.5 Å². The van der Waals surface area contributed by atoms with E-state index in [1.165, 1.54) is 25.1 Å². The van der Waals surface area contributed by atoms with Crippen LogP contribution in [0.3, 0.4) is 0 Å². The molecule has 1 aromatic carbocycles. The summed E-state index contributed by atoms with van der Waals surface area (Å²) in [5.41, 5.74) is -0.0207. The molecule has 0 saturated heterocycles. The van der Waals surface area contributed by atoms with Crippen molar-refractivity contribution in [3.05, 3.63) is 50.0 Å². The number of rotatable bonds is 12. The molecule has 0 fully saturated rings. The molecule has 3 aliphatic carbocycles. The topological polar surface area (TPSA) is 260 Å². The van der Waals surface area contributed by atoms with E-state index in [0.717, 1.165) is 6.42 Å². The minimum atomic E-state index is -5.48. The molecule has 0 saturated carbocycles. The van der Waals surface area contributed by atoms with Gasteiger partial charge in [0, 0.05) is 36.3 Å². The molecule has 252 valence electrons. The van der Waals surface area contributed by atoms with Gasteiger partial charge in [-0.1, -0.05) is 24.6 Å². The van der Waals surface area contributed by atoms with Gasteiger partial charge in [-0.3, -0.25) is 34.0 Å². The van der Waals surface area contributed by atoms with Crippen LogP contribution in [0.15, 0.2) is 28.7 Å². The number of likely N-dealkylation sites (N-methyl/N-ethyl adjacent to an activating group) is 1. The lowest BCUT2D eigenvalue weighted by Gasteiger charge is -2.50. The highest BCUT2D eigenvalue weighted by atomic mass is 32.3. The molecule has 0 radical (unpaired) electrons. The van der Waals surface area contributed by atoms with Gasteiger partial charge in [0.1, 0.15) is 17.1 Å². The smallest absolute Gasteiger partial charge is 0.424 e. The third kappa shape index (κ3) is 5.59. The summed E-state index contributed by atoms with van der Waals surface area (Å²) in [7, 11) is -2.60. The number of hydrogen-bond acceptors (Lipinski definition) is 14. The van der Waals surface area contributed by atoms with Crippen LogP contribution in [0.2, 0.25) is 0 Å². The Balaban J connectivity index is 2.07. The monoisotopic (exact) mass is 668 g/mol. The first-order chi connectivity index (χ1) is 21.4. The highest BCUT2D eigenvalue weighted by Gasteiger charge is 2.66. The molecule has 46 heavy (non-hydrogen) atoms. The third-order valence-corrected chi connectivity index (χ3v) is 8.95. The second kappa shape index (κ2) is 12.6. The van der Waals surface area contributed by atoms with E-state index in [2.05, 4.69) is 4.33 Å². The summed E-state index contributed by atoms with van der Waals surface area (Å²) in [6, 6.07) is -0.158. The largest absolute Gasteiger partial charge is 0.510 e. The second-order valence-corrected chi connectivity index (χ2v) is 12.7. The number of amides is 1. The normalized spacial score (nSPS) is 24.5. The van der Waals surface area contributed by atoms with Gasteiger partial charge in [0.15, 0.2) is 5.78 Å². The quantitative estimate of drug-likeness (QED) is 0.0699. The van der Waals surface area contributed by atoms with Gasteiger partial charge < -0.3 is 26.0 Å². The Morgan fingerprint density at radius 3 is 2.35 bits per heavy atom. The van der Waals surface area contributed by atoms with Crippen LogP contribution in [0.4, 0.5) is 11.4 Å². The van der Waals surface area contributed by atoms with E-state index in [-0.39, 0.29) is 18.4 Å². The second-order valence-electron chi connectivity index (χ2n) is 11.7. The summed E-state index contributed by atoms with van der Waals surface area (Å²) in [4.78, 5) is 59.9. The van der Waals surface area contributed by atoms with Gasteiger partial charge in [-0.25, -0.2) is 0 Å². The lowest BCUT2D eigenvalue weighted by molar-refractivity contribution is -0.385. The zero-order chi connectivity index (χ0) is 34.5. The first kappa shape index (κ1) is 34.8. The Morgan fingerprint density at radius 2 is 1.83 bits per heavy atom. The number of primary amides is 1. The number of hydrogen-bond donors (Lipinski definition) is 5. The summed E-state index contributed by atoms with van der Waals surface area (Å²) in [6.45, 7) is 4.80. The number of unbranched alkanes of at least 4 members (excludes halogenated alkanes) is 1. The van der Waals surface area contributed by atoms with Gasteiger partial charge in [-0.05, 0) is 51.3 Å². The lowest BCUT2D eigenvalue weighted by atomic mass is 9.58. The average Bonchev–Trinajstić information content (AvgIpc) is 2.94. The molecule has 4 atom stereocenters. The number of allylic oxidation sites excluding steroid dienone is 1. The molecule has 0 heterocycles. The van der Waals surface area contributed by atoms with Crippen molar-refractivity contribution in [2.24, 2.45) is 17.6 Å². The minimum absolute atomic E-state index is 0.0963. The van der Waals surface area contributed by atoms with Gasteiger partial charge in [0.2, 0.25) is 17.1 Å². The van der Waals surface area contributed by atoms with Gasteiger partial charge >= 0.3 is 16.1 Å². The van der Waals surface area contributed by atoms with Crippen LogP contribution < -0.4 is 10.6 Å². The number of carbonyl (C=O) groups is 3. The summed E-state index contributed by atoms with van der Waals surface area (Å²) in [5.74, 6) is -9.63. The van der Waals surface area contributed by atoms with E-state index in [0.29, 0.717) is 31.6 Å². The highest BCUT2D eigenvalue weighted by molar-refractivity contribution is 7.80. The number of nitrogens with two attached hydrogens (primary N) is 1. The number of Topliss-reactive ketones (excluding diaryl/α,β-unsaturated/α-hetero) is 2. The Kier molecular flexibility index (Phi) is 9.52. The zero-order valence-electron chi connectivity index (χ0n) is 25.5. The molecule has 0 aromatic heterocycles. The van der Waals surface area contributed by atoms with Crippen molar-refractivity contribution in [3.63, 3.8) is 0 Å². The molecular weight excluding hydrogens is 632 g/mol. The van der Waals surface area contributed by atoms with Crippen molar-refractivity contribution >= 4 is 39.2 Å². The molecule has 1 aromatic rings. The Bertz CT molecular complexity index is 1670. The van der Waals surface area contributed by atoms with Crippen LogP contribution in [0, 0.1) is 22.0 Å². The number of phenolic OH excluding ortho intramolecular Hbond substituents is 1. The Morgan fingerprint density at radius 1 is 1.17 bits per heavy atom. The van der Waals surface area contributed by atoms with Gasteiger partial charge in [-0.15, -0.1) is 0 Å². The van der Waals surface area contributed by atoms with E-state index in [9.17, 15) is 52.8 Å². The Labute approximate surface area is 263 Å². The predicted molar refractivity (Wildman–Crippen MR) is 159 cm³/mol. The average molecular weight is 669 g/mol. The summed E-state index contributed by atoms with van der Waals surface area (Å²) < 4.78 is 36.6. The number of aliphatic hydroxyl groups is 2. The molecular formula is C28H36N4O13S. The van der Waals surface area contributed by atoms with Crippen molar-refractivity contribution < 1.29 is 56.8 Å². The number of nitro groups is 1. The molecule has 6 N–H and O–H groups in total. The first-order valence-electron chi connectivity index (χ1n) is 14.5. The number of anilines is 1. The summed E-state index contributed by atoms with van der Waals surface area (Å²) >= 11 is 0. The van der Waals surface area contributed by atoms with Crippen LogP contribution in [0.5, 0.6) is 5.75 Å². The number of phenols is 1. The van der Waals surface area contributed by atoms with Crippen LogP contribution in [0.25, 0.3) is 0 Å². The van der Waals surface area contributed by atoms with E-state index in [1.807, 2.05) is 18.7 Å². The number of nitro benzene ring substituents is 1. The molecule has 2 unspecified atom stereocenters. The molecule has 0 bridgehead atoms. The van der Waals surface area contributed by atoms with E-state index >= 15 is 0 Å². The molecule has 4 rings (SSSR count). The maximum Gasteiger partial charge on any atom is 0.424 e. The molecule has 18 heteroatoms. The fourth-order valence-electron chi connectivity index (χ4n) is 6.89. The van der Waals surface area contributed by atoms with Crippen molar-refractivity contribution in [2.45, 2.75) is 57.6 Å². The van der Waals surface area contributed by atoms with E-state index < -0.39 is 95.9 Å². The van der Waals surface area contributed by atoms with Crippen molar-refractivity contribution in [3.8, 4) is 5.75 Å². The number of nitrogens with zero attached hydrogens (tertiary/aromatic N) is 3. The number of aromatic hydroxyl groups is 1. The maximum absolute atomic E-state index is 14.3. The van der Waals surface area contributed by atoms with Crippen molar-refractivity contribution in [1.29, 1.82) is 0 Å². The van der Waals surface area contributed by atoms with Crippen LogP contribution in [-0.4, -0.2) is 94.4 Å². The fraction of sp³-hybridized carbons (Fsp3) is 0.536. The number of benzene rings is 1. The maximum atomic E-state index is 14.3. The lowest BCUT2D eigenvalue weighted by Crippen LogP contribution is -2.65. The fourth-order valence-corrected chi connectivity index (χ4v) is 7.09. The molecule has 0 spiro atoms. The van der Waals surface area contributed by atoms with Gasteiger partial charge in [-0.2, -0.15) is 13.3 Å². The minimum Gasteiger partial charge on any atom is -0.510 e. The van der Waals surface area contributed by atoms with Crippen molar-refractivity contribution in [2.75, 3.05) is 32.1 Å². The van der Waals surface area contributed by atoms with Crippen molar-refractivity contribution in [1.82, 2.24) is 4.90 Å². The summed E-state index contributed by atoms with van der Waals surface area (Å²) in [6.07, 6.45) is 1.77. The highest BCUT2D eigenvalue weighted by Crippen LogP contribution is 2.55. The van der Waals surface area contributed by atoms with Gasteiger partial charge in [0.25, 0.3) is 5.91 Å². The number of fused-ring (bicyclic) bond motifs is 3.